The molecule has 1 fully saturated rings. The first kappa shape index (κ1) is 28.3. The van der Waals surface area contributed by atoms with Gasteiger partial charge < -0.3 is 25.4 Å². The fourth-order valence-corrected chi connectivity index (χ4v) is 3.41. The number of nitrogens with one attached hydrogen (secondary N) is 3. The lowest BCUT2D eigenvalue weighted by Gasteiger charge is -2.32. The lowest BCUT2D eigenvalue weighted by molar-refractivity contribution is -0.122. The molecule has 0 radical (unpaired) electrons. The van der Waals surface area contributed by atoms with Crippen LogP contribution in [-0.2, 0) is 4.79 Å². The smallest absolute Gasteiger partial charge is 0.234 e. The fourth-order valence-electron chi connectivity index (χ4n) is 3.41. The number of hydrogen-bond donors (Lipinski definition) is 3. The highest BCUT2D eigenvalue weighted by molar-refractivity contribution is 14.0. The first-order chi connectivity index (χ1) is 15.1. The number of guanidine groups is 1. The third-order valence-electron chi connectivity index (χ3n) is 5.09. The number of nitrogens with zero attached hydrogens (tertiary/aromatic N) is 2. The van der Waals surface area contributed by atoms with Gasteiger partial charge in [-0.15, -0.1) is 24.0 Å². The molecule has 182 valence electrons. The second-order valence-corrected chi connectivity index (χ2v) is 7.69. The number of ether oxygens (including phenoxy) is 2. The molecular weight excluding hydrogens is 521 g/mol. The molecule has 0 atom stereocenters. The molecule has 1 aliphatic rings. The molecule has 1 heterocycles. The predicted molar refractivity (Wildman–Crippen MR) is 140 cm³/mol. The average molecular weight is 562 g/mol. The van der Waals surface area contributed by atoms with Gasteiger partial charge in [-0.3, -0.25) is 14.7 Å². The first-order valence-electron chi connectivity index (χ1n) is 11.4. The van der Waals surface area contributed by atoms with E-state index in [9.17, 15) is 4.79 Å². The number of carbonyl (C=O) groups excluding carboxylic acids is 1. The van der Waals surface area contributed by atoms with Gasteiger partial charge in [-0.1, -0.05) is 13.0 Å². The van der Waals surface area contributed by atoms with Crippen LogP contribution in [0.15, 0.2) is 29.3 Å². The monoisotopic (exact) mass is 561 g/mol. The third-order valence-corrected chi connectivity index (χ3v) is 5.09. The average Bonchev–Trinajstić information content (AvgIpc) is 2.79. The molecule has 8 nitrogen and oxygen atoms in total. The van der Waals surface area contributed by atoms with E-state index < -0.39 is 0 Å². The zero-order valence-electron chi connectivity index (χ0n) is 19.7. The number of likely N-dealkylation sites (tertiary alicyclic amines) is 1. The van der Waals surface area contributed by atoms with Crippen LogP contribution in [0.5, 0.6) is 11.5 Å². The summed E-state index contributed by atoms with van der Waals surface area (Å²) in [4.78, 5) is 18.8. The molecule has 0 aromatic heterocycles. The van der Waals surface area contributed by atoms with Gasteiger partial charge in [0.1, 0.15) is 11.5 Å². The summed E-state index contributed by atoms with van der Waals surface area (Å²) in [5.41, 5.74) is 0. The van der Waals surface area contributed by atoms with Crippen molar-refractivity contribution in [3.63, 3.8) is 0 Å². The van der Waals surface area contributed by atoms with Gasteiger partial charge in [0.15, 0.2) is 5.96 Å². The Morgan fingerprint density at radius 2 is 1.94 bits per heavy atom. The van der Waals surface area contributed by atoms with Gasteiger partial charge in [-0.2, -0.15) is 0 Å². The van der Waals surface area contributed by atoms with E-state index in [-0.39, 0.29) is 29.9 Å². The second-order valence-electron chi connectivity index (χ2n) is 7.69. The van der Waals surface area contributed by atoms with Gasteiger partial charge >= 0.3 is 0 Å². The largest absolute Gasteiger partial charge is 0.497 e. The molecule has 0 spiro atoms. The predicted octanol–water partition coefficient (Wildman–Crippen LogP) is 2.63. The van der Waals surface area contributed by atoms with E-state index in [1.807, 2.05) is 24.3 Å². The molecule has 1 aromatic rings. The van der Waals surface area contributed by atoms with Crippen molar-refractivity contribution in [2.45, 2.75) is 45.6 Å². The zero-order chi connectivity index (χ0) is 22.3. The number of hydrogen-bond acceptors (Lipinski definition) is 5. The molecule has 32 heavy (non-hydrogen) atoms. The molecule has 1 amide bonds. The van der Waals surface area contributed by atoms with Crippen LogP contribution in [0.25, 0.3) is 0 Å². The van der Waals surface area contributed by atoms with E-state index in [2.05, 4.69) is 39.7 Å². The third kappa shape index (κ3) is 11.2. The minimum atomic E-state index is 0. The van der Waals surface area contributed by atoms with Crippen LogP contribution in [-0.4, -0.2) is 75.8 Å². The fraction of sp³-hybridized carbons (Fsp3) is 0.652. The summed E-state index contributed by atoms with van der Waals surface area (Å²) >= 11 is 0. The molecule has 9 heteroatoms. The number of methoxy groups -OCH3 is 1. The zero-order valence-corrected chi connectivity index (χ0v) is 22.0. The molecule has 0 saturated carbocycles. The van der Waals surface area contributed by atoms with Crippen LogP contribution in [0.2, 0.25) is 0 Å². The lowest BCUT2D eigenvalue weighted by atomic mass is 10.1. The highest BCUT2D eigenvalue weighted by Gasteiger charge is 2.21. The van der Waals surface area contributed by atoms with Crippen LogP contribution in [0.3, 0.4) is 0 Å². The quantitative estimate of drug-likeness (QED) is 0.158. The highest BCUT2D eigenvalue weighted by Crippen LogP contribution is 2.18. The summed E-state index contributed by atoms with van der Waals surface area (Å²) in [7, 11) is 1.65. The molecule has 0 unspecified atom stereocenters. The Morgan fingerprint density at radius 3 is 2.62 bits per heavy atom. The molecule has 0 aliphatic carbocycles. The molecule has 1 aromatic carbocycles. The van der Waals surface area contributed by atoms with Crippen molar-refractivity contribution in [2.75, 3.05) is 53.0 Å². The lowest BCUT2D eigenvalue weighted by Crippen LogP contribution is -2.50. The Bertz CT molecular complexity index is 681. The standard InChI is InChI=1S/C23H39N5O3.HI/c1-4-12-25-22(29)18-28-14-10-19(11-15-28)27-23(24-5-2)26-13-7-16-31-21-9-6-8-20(17-21)30-3;/h6,8-9,17,19H,4-5,7,10-16,18H2,1-3H3,(H,25,29)(H2,24,26,27);1H. The number of aliphatic imine (C=N–C) groups is 1. The Labute approximate surface area is 209 Å². The molecule has 3 N–H and O–H groups in total. The number of amides is 1. The van der Waals surface area contributed by atoms with Crippen LogP contribution in [0, 0.1) is 0 Å². The summed E-state index contributed by atoms with van der Waals surface area (Å²) in [6.07, 6.45) is 3.81. The number of piperidine rings is 1. The van der Waals surface area contributed by atoms with Crippen LogP contribution >= 0.6 is 24.0 Å². The number of benzene rings is 1. The van der Waals surface area contributed by atoms with Gasteiger partial charge in [0.25, 0.3) is 0 Å². The summed E-state index contributed by atoms with van der Waals surface area (Å²) < 4.78 is 11.0. The van der Waals surface area contributed by atoms with Gasteiger partial charge in [-0.25, -0.2) is 0 Å². The van der Waals surface area contributed by atoms with Crippen molar-refractivity contribution in [1.82, 2.24) is 20.9 Å². The van der Waals surface area contributed by atoms with E-state index in [0.717, 1.165) is 69.3 Å². The van der Waals surface area contributed by atoms with Crippen molar-refractivity contribution < 1.29 is 14.3 Å². The van der Waals surface area contributed by atoms with Crippen molar-refractivity contribution in [3.05, 3.63) is 24.3 Å². The Kier molecular flexibility index (Phi) is 14.9. The summed E-state index contributed by atoms with van der Waals surface area (Å²) in [6, 6.07) is 8.01. The maximum Gasteiger partial charge on any atom is 0.234 e. The Balaban J connectivity index is 0.00000512. The summed E-state index contributed by atoms with van der Waals surface area (Å²) in [5.74, 6) is 2.58. The number of rotatable bonds is 12. The van der Waals surface area contributed by atoms with E-state index >= 15 is 0 Å². The van der Waals surface area contributed by atoms with Crippen molar-refractivity contribution >= 4 is 35.8 Å². The molecule has 1 saturated heterocycles. The number of carbonyl (C=O) groups is 1. The number of halogens is 1. The van der Waals surface area contributed by atoms with E-state index in [1.54, 1.807) is 7.11 Å². The van der Waals surface area contributed by atoms with Gasteiger partial charge in [-0.05, 0) is 38.3 Å². The minimum Gasteiger partial charge on any atom is -0.497 e. The maximum atomic E-state index is 11.9. The first-order valence-corrected chi connectivity index (χ1v) is 11.4. The van der Waals surface area contributed by atoms with Gasteiger partial charge in [0, 0.05) is 51.3 Å². The van der Waals surface area contributed by atoms with E-state index in [0.29, 0.717) is 25.7 Å². The molecule has 1 aliphatic heterocycles. The van der Waals surface area contributed by atoms with E-state index in [1.165, 1.54) is 0 Å². The molecular formula is C23H40IN5O3. The SMILES string of the molecule is CCCNC(=O)CN1CCC(NC(=NCCCOc2cccc(OC)c2)NCC)CC1.I. The van der Waals surface area contributed by atoms with Crippen molar-refractivity contribution in [2.24, 2.45) is 4.99 Å². The van der Waals surface area contributed by atoms with Crippen molar-refractivity contribution in [1.29, 1.82) is 0 Å². The van der Waals surface area contributed by atoms with Crippen LogP contribution < -0.4 is 25.4 Å². The second kappa shape index (κ2) is 16.8. The van der Waals surface area contributed by atoms with Gasteiger partial charge in [0.2, 0.25) is 5.91 Å². The normalized spacial score (nSPS) is 14.9. The summed E-state index contributed by atoms with van der Waals surface area (Å²) in [5, 5.41) is 9.81. The van der Waals surface area contributed by atoms with Crippen LogP contribution in [0.4, 0.5) is 0 Å². The minimum absolute atomic E-state index is 0. The Hall–Kier alpha value is -1.75. The summed E-state index contributed by atoms with van der Waals surface area (Å²) in [6.45, 7) is 9.34. The molecule has 2 rings (SSSR count). The Morgan fingerprint density at radius 1 is 1.19 bits per heavy atom. The maximum absolute atomic E-state index is 11.9. The molecule has 0 bridgehead atoms. The topological polar surface area (TPSA) is 87.2 Å². The highest BCUT2D eigenvalue weighted by atomic mass is 127. The van der Waals surface area contributed by atoms with Gasteiger partial charge in [0.05, 0.1) is 20.3 Å². The van der Waals surface area contributed by atoms with E-state index in [4.69, 9.17) is 9.47 Å². The van der Waals surface area contributed by atoms with Crippen LogP contribution in [0.1, 0.15) is 39.5 Å². The van der Waals surface area contributed by atoms with Crippen molar-refractivity contribution in [3.8, 4) is 11.5 Å².